The van der Waals surface area contributed by atoms with Crippen molar-refractivity contribution in [2.45, 2.75) is 11.4 Å². The van der Waals surface area contributed by atoms with Crippen molar-refractivity contribution < 1.29 is 23.1 Å². The molecule has 0 saturated carbocycles. The lowest BCUT2D eigenvalue weighted by Gasteiger charge is -2.08. The molecule has 0 aliphatic heterocycles. The largest absolute Gasteiger partial charge is 0.481 e. The summed E-state index contributed by atoms with van der Waals surface area (Å²) in [7, 11) is -2.39. The van der Waals surface area contributed by atoms with Gasteiger partial charge in [0.15, 0.2) is 0 Å². The minimum Gasteiger partial charge on any atom is -0.481 e. The minimum atomic E-state index is -3.82. The number of aromatic nitrogens is 2. The van der Waals surface area contributed by atoms with Crippen LogP contribution in [0.1, 0.15) is 16.1 Å². The van der Waals surface area contributed by atoms with E-state index < -0.39 is 16.0 Å². The molecule has 2 heterocycles. The Labute approximate surface area is 120 Å². The number of aromatic carboxylic acids is 1. The number of hydrogen-bond acceptors (Lipinski definition) is 5. The molecule has 3 N–H and O–H groups in total. The van der Waals surface area contributed by atoms with E-state index in [1.165, 1.54) is 13.3 Å². The number of rotatable bonds is 6. The van der Waals surface area contributed by atoms with Gasteiger partial charge in [0.05, 0.1) is 7.11 Å². The Balaban J connectivity index is 2.16. The molecule has 0 atom stereocenters. The first-order chi connectivity index (χ1) is 9.94. The van der Waals surface area contributed by atoms with Crippen LogP contribution in [0, 0.1) is 0 Å². The molecule has 21 heavy (non-hydrogen) atoms. The number of pyridine rings is 1. The average Bonchev–Trinajstić information content (AvgIpc) is 2.96. The molecule has 0 spiro atoms. The number of sulfonamides is 1. The van der Waals surface area contributed by atoms with Gasteiger partial charge in [0, 0.05) is 24.5 Å². The highest BCUT2D eigenvalue weighted by molar-refractivity contribution is 7.89. The van der Waals surface area contributed by atoms with Gasteiger partial charge in [0.25, 0.3) is 0 Å². The van der Waals surface area contributed by atoms with E-state index in [1.807, 2.05) is 0 Å². The molecule has 0 aliphatic carbocycles. The molecular formula is C12H13N3O5S. The molecule has 2 rings (SSSR count). The molecule has 2 aromatic heterocycles. The van der Waals surface area contributed by atoms with E-state index in [0.29, 0.717) is 11.4 Å². The van der Waals surface area contributed by atoms with Gasteiger partial charge in [-0.1, -0.05) is 6.07 Å². The van der Waals surface area contributed by atoms with Gasteiger partial charge in [-0.05, 0) is 12.1 Å². The first-order valence-electron chi connectivity index (χ1n) is 5.83. The molecule has 0 amide bonds. The van der Waals surface area contributed by atoms with Crippen molar-refractivity contribution in [2.75, 3.05) is 7.11 Å². The summed E-state index contributed by atoms with van der Waals surface area (Å²) in [5.74, 6) is -0.911. The molecule has 0 fully saturated rings. The van der Waals surface area contributed by atoms with Crippen molar-refractivity contribution in [3.05, 3.63) is 41.9 Å². The molecule has 112 valence electrons. The summed E-state index contributed by atoms with van der Waals surface area (Å²) in [4.78, 5) is 16.9. The summed E-state index contributed by atoms with van der Waals surface area (Å²) in [5, 5.41) is 8.77. The fourth-order valence-corrected chi connectivity index (χ4v) is 2.65. The third-order valence-corrected chi connectivity index (χ3v) is 4.07. The Morgan fingerprint density at radius 3 is 2.90 bits per heavy atom. The van der Waals surface area contributed by atoms with Crippen LogP contribution in [0.5, 0.6) is 5.88 Å². The Bertz CT molecular complexity index is 754. The van der Waals surface area contributed by atoms with Gasteiger partial charge in [0.2, 0.25) is 15.9 Å². The maximum Gasteiger partial charge on any atom is 0.352 e. The third-order valence-electron chi connectivity index (χ3n) is 2.69. The summed E-state index contributed by atoms with van der Waals surface area (Å²) in [6.45, 7) is -0.0209. The van der Waals surface area contributed by atoms with E-state index in [2.05, 4.69) is 14.7 Å². The average molecular weight is 311 g/mol. The molecule has 8 nitrogen and oxygen atoms in total. The smallest absolute Gasteiger partial charge is 0.352 e. The van der Waals surface area contributed by atoms with Crippen molar-refractivity contribution in [2.24, 2.45) is 0 Å². The van der Waals surface area contributed by atoms with Crippen LogP contribution in [0.2, 0.25) is 0 Å². The summed E-state index contributed by atoms with van der Waals surface area (Å²) >= 11 is 0. The van der Waals surface area contributed by atoms with Crippen molar-refractivity contribution in [3.8, 4) is 5.88 Å². The third kappa shape index (κ3) is 3.38. The standard InChI is InChI=1S/C12H13N3O5S/c1-20-11-8(3-2-4-13-11)6-15-21(18,19)9-5-10(12(16)17)14-7-9/h2-5,7,14-15H,6H2,1H3,(H,16,17). The number of H-pyrrole nitrogens is 1. The molecular weight excluding hydrogens is 298 g/mol. The summed E-state index contributed by atoms with van der Waals surface area (Å²) in [6.07, 6.45) is 2.65. The van der Waals surface area contributed by atoms with E-state index in [-0.39, 0.29) is 17.1 Å². The van der Waals surface area contributed by atoms with Gasteiger partial charge in [-0.3, -0.25) is 0 Å². The van der Waals surface area contributed by atoms with Crippen LogP contribution in [-0.2, 0) is 16.6 Å². The maximum absolute atomic E-state index is 12.1. The van der Waals surface area contributed by atoms with Crippen LogP contribution >= 0.6 is 0 Å². The Morgan fingerprint density at radius 1 is 1.52 bits per heavy atom. The van der Waals surface area contributed by atoms with Crippen molar-refractivity contribution in [1.82, 2.24) is 14.7 Å². The molecule has 0 aliphatic rings. The number of ether oxygens (including phenoxy) is 1. The number of nitrogens with one attached hydrogen (secondary N) is 2. The van der Waals surface area contributed by atoms with Gasteiger partial charge in [-0.15, -0.1) is 0 Å². The lowest BCUT2D eigenvalue weighted by Crippen LogP contribution is -2.23. The van der Waals surface area contributed by atoms with Crippen LogP contribution in [-0.4, -0.2) is 36.6 Å². The number of carboxylic acids is 1. The summed E-state index contributed by atoms with van der Waals surface area (Å²) < 4.78 is 31.5. The van der Waals surface area contributed by atoms with Crippen LogP contribution in [0.15, 0.2) is 35.5 Å². The molecule has 9 heteroatoms. The summed E-state index contributed by atoms with van der Waals surface area (Å²) in [5.41, 5.74) is 0.368. The molecule has 0 aromatic carbocycles. The fraction of sp³-hybridized carbons (Fsp3) is 0.167. The second-order valence-corrected chi connectivity index (χ2v) is 5.82. The van der Waals surface area contributed by atoms with Crippen LogP contribution in [0.4, 0.5) is 0 Å². The summed E-state index contributed by atoms with van der Waals surface area (Å²) in [6, 6.07) is 4.38. The topological polar surface area (TPSA) is 121 Å². The van der Waals surface area contributed by atoms with E-state index in [1.54, 1.807) is 12.1 Å². The van der Waals surface area contributed by atoms with Crippen molar-refractivity contribution in [3.63, 3.8) is 0 Å². The van der Waals surface area contributed by atoms with Crippen LogP contribution in [0.3, 0.4) is 0 Å². The predicted molar refractivity (Wildman–Crippen MR) is 72.6 cm³/mol. The van der Waals surface area contributed by atoms with Crippen molar-refractivity contribution >= 4 is 16.0 Å². The molecule has 0 unspecified atom stereocenters. The van der Waals surface area contributed by atoms with Crippen LogP contribution in [0.25, 0.3) is 0 Å². The quantitative estimate of drug-likeness (QED) is 0.718. The SMILES string of the molecule is COc1ncccc1CNS(=O)(=O)c1c[nH]c(C(=O)O)c1. The zero-order valence-electron chi connectivity index (χ0n) is 11.0. The van der Waals surface area contributed by atoms with Gasteiger partial charge in [-0.2, -0.15) is 0 Å². The van der Waals surface area contributed by atoms with Gasteiger partial charge >= 0.3 is 5.97 Å². The maximum atomic E-state index is 12.1. The zero-order valence-corrected chi connectivity index (χ0v) is 11.8. The highest BCUT2D eigenvalue weighted by atomic mass is 32.2. The molecule has 0 saturated heterocycles. The minimum absolute atomic E-state index is 0.0209. The normalized spacial score (nSPS) is 11.3. The Hall–Kier alpha value is -2.39. The first-order valence-corrected chi connectivity index (χ1v) is 7.31. The van der Waals surface area contributed by atoms with E-state index in [9.17, 15) is 13.2 Å². The Morgan fingerprint density at radius 2 is 2.29 bits per heavy atom. The number of carbonyl (C=O) groups is 1. The molecule has 0 radical (unpaired) electrons. The molecule has 2 aromatic rings. The second-order valence-electron chi connectivity index (χ2n) is 4.05. The zero-order chi connectivity index (χ0) is 15.5. The second kappa shape index (κ2) is 5.94. The van der Waals surface area contributed by atoms with Crippen LogP contribution < -0.4 is 9.46 Å². The van der Waals surface area contributed by atoms with Gasteiger partial charge in [0.1, 0.15) is 10.6 Å². The highest BCUT2D eigenvalue weighted by Gasteiger charge is 2.18. The predicted octanol–water partition coefficient (Wildman–Crippen LogP) is 0.595. The van der Waals surface area contributed by atoms with E-state index >= 15 is 0 Å². The Kier molecular flexibility index (Phi) is 4.24. The highest BCUT2D eigenvalue weighted by Crippen LogP contribution is 2.15. The fourth-order valence-electron chi connectivity index (χ4n) is 1.65. The van der Waals surface area contributed by atoms with Gasteiger partial charge in [-0.25, -0.2) is 22.9 Å². The monoisotopic (exact) mass is 311 g/mol. The number of nitrogens with zero attached hydrogens (tertiary/aromatic N) is 1. The number of methoxy groups -OCH3 is 1. The van der Waals surface area contributed by atoms with E-state index in [4.69, 9.17) is 9.84 Å². The van der Waals surface area contributed by atoms with Gasteiger partial charge < -0.3 is 14.8 Å². The number of aromatic amines is 1. The molecule has 0 bridgehead atoms. The van der Waals surface area contributed by atoms with E-state index in [0.717, 1.165) is 12.3 Å². The first kappa shape index (κ1) is 15.0. The number of hydrogen-bond donors (Lipinski definition) is 3. The lowest BCUT2D eigenvalue weighted by atomic mass is 10.3. The number of carboxylic acid groups (broad SMARTS) is 1. The van der Waals surface area contributed by atoms with Crippen molar-refractivity contribution in [1.29, 1.82) is 0 Å². The lowest BCUT2D eigenvalue weighted by molar-refractivity contribution is 0.0691.